The van der Waals surface area contributed by atoms with Crippen LogP contribution in [0.15, 0.2) is 24.3 Å². The molecule has 0 atom stereocenters. The number of ether oxygens (including phenoxy) is 1. The van der Waals surface area contributed by atoms with E-state index in [1.165, 1.54) is 7.11 Å². The van der Waals surface area contributed by atoms with E-state index in [-0.39, 0.29) is 12.8 Å². The number of hydrogen-bond donors (Lipinski definition) is 3. The van der Waals surface area contributed by atoms with Crippen molar-refractivity contribution in [2.75, 3.05) is 13.8 Å². The summed E-state index contributed by atoms with van der Waals surface area (Å²) in [6.07, 6.45) is 0. The lowest BCUT2D eigenvalue weighted by Crippen LogP contribution is -2.36. The number of urea groups is 1. The third kappa shape index (κ3) is 4.29. The molecule has 0 aliphatic carbocycles. The van der Waals surface area contributed by atoms with Gasteiger partial charge in [0.2, 0.25) is 0 Å². The minimum atomic E-state index is -0.250. The van der Waals surface area contributed by atoms with E-state index < -0.39 is 0 Å². The van der Waals surface area contributed by atoms with Crippen molar-refractivity contribution < 1.29 is 9.53 Å². The van der Waals surface area contributed by atoms with Crippen LogP contribution in [0.25, 0.3) is 0 Å². The second-order valence-electron chi connectivity index (χ2n) is 3.32. The predicted molar refractivity (Wildman–Crippen MR) is 61.6 cm³/mol. The van der Waals surface area contributed by atoms with Crippen LogP contribution >= 0.6 is 0 Å². The van der Waals surface area contributed by atoms with Gasteiger partial charge >= 0.3 is 6.03 Å². The Hall–Kier alpha value is -1.59. The minimum absolute atomic E-state index is 0.203. The lowest BCUT2D eigenvalue weighted by atomic mass is 10.1. The van der Waals surface area contributed by atoms with Gasteiger partial charge in [-0.1, -0.05) is 24.3 Å². The number of benzene rings is 1. The summed E-state index contributed by atoms with van der Waals surface area (Å²) in [6, 6.07) is 7.53. The van der Waals surface area contributed by atoms with E-state index in [2.05, 4.69) is 10.6 Å². The summed E-state index contributed by atoms with van der Waals surface area (Å²) in [7, 11) is 1.52. The summed E-state index contributed by atoms with van der Waals surface area (Å²) in [5, 5.41) is 5.25. The average molecular weight is 223 g/mol. The molecule has 88 valence electrons. The molecule has 2 amide bonds. The van der Waals surface area contributed by atoms with E-state index in [4.69, 9.17) is 10.5 Å². The molecule has 1 rings (SSSR count). The molecule has 0 aromatic heterocycles. The second-order valence-corrected chi connectivity index (χ2v) is 3.32. The van der Waals surface area contributed by atoms with E-state index in [0.29, 0.717) is 13.1 Å². The largest absolute Gasteiger partial charge is 0.364 e. The van der Waals surface area contributed by atoms with E-state index in [0.717, 1.165) is 11.1 Å². The Morgan fingerprint density at radius 3 is 2.81 bits per heavy atom. The molecule has 4 N–H and O–H groups in total. The molecular formula is C11H17N3O2. The molecule has 0 spiro atoms. The Bertz CT molecular complexity index is 342. The summed E-state index contributed by atoms with van der Waals surface area (Å²) in [6.45, 7) is 1.18. The monoisotopic (exact) mass is 223 g/mol. The normalized spacial score (nSPS) is 9.88. The summed E-state index contributed by atoms with van der Waals surface area (Å²) >= 11 is 0. The van der Waals surface area contributed by atoms with Crippen LogP contribution in [0.4, 0.5) is 4.79 Å². The molecule has 16 heavy (non-hydrogen) atoms. The molecule has 0 fully saturated rings. The van der Waals surface area contributed by atoms with Gasteiger partial charge in [0.25, 0.3) is 0 Å². The van der Waals surface area contributed by atoms with Crippen LogP contribution < -0.4 is 16.4 Å². The van der Waals surface area contributed by atoms with Crippen molar-refractivity contribution in [1.82, 2.24) is 10.6 Å². The van der Waals surface area contributed by atoms with Crippen molar-refractivity contribution in [3.8, 4) is 0 Å². The van der Waals surface area contributed by atoms with Crippen molar-refractivity contribution >= 4 is 6.03 Å². The zero-order valence-corrected chi connectivity index (χ0v) is 9.32. The van der Waals surface area contributed by atoms with Crippen LogP contribution in [-0.4, -0.2) is 19.9 Å². The number of carbonyl (C=O) groups is 1. The first-order chi connectivity index (χ1) is 7.76. The highest BCUT2D eigenvalue weighted by atomic mass is 16.5. The summed E-state index contributed by atoms with van der Waals surface area (Å²) in [4.78, 5) is 11.2. The first-order valence-corrected chi connectivity index (χ1v) is 5.04. The van der Waals surface area contributed by atoms with Gasteiger partial charge in [-0.05, 0) is 11.1 Å². The molecule has 0 saturated carbocycles. The quantitative estimate of drug-likeness (QED) is 0.638. The van der Waals surface area contributed by atoms with E-state index >= 15 is 0 Å². The van der Waals surface area contributed by atoms with Gasteiger partial charge in [0.1, 0.15) is 6.73 Å². The van der Waals surface area contributed by atoms with Crippen molar-refractivity contribution in [1.29, 1.82) is 0 Å². The Morgan fingerprint density at radius 1 is 1.38 bits per heavy atom. The maximum absolute atomic E-state index is 11.2. The number of nitrogens with one attached hydrogen (secondary N) is 2. The van der Waals surface area contributed by atoms with Gasteiger partial charge in [-0.3, -0.25) is 0 Å². The lowest BCUT2D eigenvalue weighted by molar-refractivity contribution is 0.172. The van der Waals surface area contributed by atoms with Gasteiger partial charge in [-0.15, -0.1) is 0 Å². The molecular weight excluding hydrogens is 206 g/mol. The molecule has 0 radical (unpaired) electrons. The molecule has 0 aliphatic rings. The van der Waals surface area contributed by atoms with Crippen LogP contribution in [-0.2, 0) is 17.8 Å². The topological polar surface area (TPSA) is 76.4 Å². The molecule has 0 heterocycles. The third-order valence-electron chi connectivity index (χ3n) is 2.06. The Morgan fingerprint density at radius 2 is 2.12 bits per heavy atom. The van der Waals surface area contributed by atoms with Gasteiger partial charge in [-0.25, -0.2) is 4.79 Å². The third-order valence-corrected chi connectivity index (χ3v) is 2.06. The maximum atomic E-state index is 11.2. The Balaban J connectivity index is 2.38. The molecule has 0 unspecified atom stereocenters. The number of rotatable bonds is 5. The summed E-state index contributed by atoms with van der Waals surface area (Å²) < 4.78 is 4.71. The number of amides is 2. The van der Waals surface area contributed by atoms with E-state index in [1.54, 1.807) is 0 Å². The molecule has 0 aliphatic heterocycles. The number of carbonyl (C=O) groups excluding carboxylic acids is 1. The molecule has 0 bridgehead atoms. The van der Waals surface area contributed by atoms with Gasteiger partial charge in [0.05, 0.1) is 0 Å². The van der Waals surface area contributed by atoms with Gasteiger partial charge < -0.3 is 21.1 Å². The molecule has 5 heteroatoms. The highest BCUT2D eigenvalue weighted by Gasteiger charge is 1.99. The van der Waals surface area contributed by atoms with Crippen LogP contribution in [0.2, 0.25) is 0 Å². The highest BCUT2D eigenvalue weighted by molar-refractivity contribution is 5.73. The molecule has 1 aromatic carbocycles. The number of methoxy groups -OCH3 is 1. The first-order valence-electron chi connectivity index (χ1n) is 5.04. The SMILES string of the molecule is COCNC(=O)NCc1cccc(CN)c1. The molecule has 0 saturated heterocycles. The van der Waals surface area contributed by atoms with Crippen molar-refractivity contribution in [2.45, 2.75) is 13.1 Å². The predicted octanol–water partition coefficient (Wildman–Crippen LogP) is 0.548. The molecule has 5 nitrogen and oxygen atoms in total. The van der Waals surface area contributed by atoms with E-state index in [9.17, 15) is 4.79 Å². The Kier molecular flexibility index (Phi) is 5.31. The van der Waals surface area contributed by atoms with Crippen LogP contribution in [0, 0.1) is 0 Å². The van der Waals surface area contributed by atoms with Crippen molar-refractivity contribution in [2.24, 2.45) is 5.73 Å². The zero-order chi connectivity index (χ0) is 11.8. The number of hydrogen-bond acceptors (Lipinski definition) is 3. The molecule has 1 aromatic rings. The fourth-order valence-electron chi connectivity index (χ4n) is 1.25. The minimum Gasteiger partial charge on any atom is -0.364 e. The summed E-state index contributed by atoms with van der Waals surface area (Å²) in [5.74, 6) is 0. The van der Waals surface area contributed by atoms with Crippen molar-refractivity contribution in [3.63, 3.8) is 0 Å². The van der Waals surface area contributed by atoms with Crippen LogP contribution in [0.5, 0.6) is 0 Å². The fraction of sp³-hybridized carbons (Fsp3) is 0.364. The first kappa shape index (κ1) is 12.5. The van der Waals surface area contributed by atoms with Crippen molar-refractivity contribution in [3.05, 3.63) is 35.4 Å². The highest BCUT2D eigenvalue weighted by Crippen LogP contribution is 2.03. The number of nitrogens with two attached hydrogens (primary N) is 1. The maximum Gasteiger partial charge on any atom is 0.316 e. The van der Waals surface area contributed by atoms with Gasteiger partial charge in [0, 0.05) is 20.2 Å². The fourth-order valence-corrected chi connectivity index (χ4v) is 1.25. The lowest BCUT2D eigenvalue weighted by Gasteiger charge is -2.07. The smallest absolute Gasteiger partial charge is 0.316 e. The zero-order valence-electron chi connectivity index (χ0n) is 9.32. The van der Waals surface area contributed by atoms with Crippen LogP contribution in [0.1, 0.15) is 11.1 Å². The average Bonchev–Trinajstić information content (AvgIpc) is 2.34. The second kappa shape index (κ2) is 6.81. The van der Waals surface area contributed by atoms with E-state index in [1.807, 2.05) is 24.3 Å². The van der Waals surface area contributed by atoms with Crippen LogP contribution in [0.3, 0.4) is 0 Å². The summed E-state index contributed by atoms with van der Waals surface area (Å²) in [5.41, 5.74) is 7.60. The Labute approximate surface area is 95.0 Å². The van der Waals surface area contributed by atoms with Gasteiger partial charge in [-0.2, -0.15) is 0 Å². The standard InChI is InChI=1S/C11H17N3O2/c1-16-8-14-11(15)13-7-10-4-2-3-9(5-10)6-12/h2-5H,6-8,12H2,1H3,(H2,13,14,15). The van der Waals surface area contributed by atoms with Gasteiger partial charge in [0.15, 0.2) is 0 Å².